The Kier molecular flexibility index (Phi) is 5.85. The number of methoxy groups -OCH3 is 1. The van der Waals surface area contributed by atoms with Crippen LogP contribution in [0.2, 0.25) is 5.02 Å². The van der Waals surface area contributed by atoms with Crippen LogP contribution in [0, 0.1) is 0 Å². The third-order valence-electron chi connectivity index (χ3n) is 4.38. The van der Waals surface area contributed by atoms with Gasteiger partial charge >= 0.3 is 5.97 Å². The molecule has 1 heterocycles. The number of benzene rings is 2. The molecule has 2 aromatic carbocycles. The van der Waals surface area contributed by atoms with Crippen LogP contribution < -0.4 is 9.64 Å². The van der Waals surface area contributed by atoms with Crippen LogP contribution in [0.3, 0.4) is 0 Å². The number of halogens is 1. The van der Waals surface area contributed by atoms with Crippen molar-refractivity contribution in [3.63, 3.8) is 0 Å². The van der Waals surface area contributed by atoms with Crippen LogP contribution in [0.5, 0.6) is 5.75 Å². The highest BCUT2D eigenvalue weighted by molar-refractivity contribution is 6.30. The minimum atomic E-state index is -0.556. The molecule has 0 radical (unpaired) electrons. The summed E-state index contributed by atoms with van der Waals surface area (Å²) in [6.07, 6.45) is 1.68. The van der Waals surface area contributed by atoms with E-state index >= 15 is 0 Å². The van der Waals surface area contributed by atoms with Gasteiger partial charge in [-0.05, 0) is 61.9 Å². The molecule has 0 spiro atoms. The summed E-state index contributed by atoms with van der Waals surface area (Å²) in [5.74, 6) is -0.112. The van der Waals surface area contributed by atoms with Crippen molar-refractivity contribution in [1.82, 2.24) is 0 Å². The lowest BCUT2D eigenvalue weighted by atomic mass is 10.0. The number of amides is 1. The third kappa shape index (κ3) is 3.80. The van der Waals surface area contributed by atoms with Gasteiger partial charge in [0.15, 0.2) is 0 Å². The molecule has 1 aliphatic rings. The van der Waals surface area contributed by atoms with Crippen molar-refractivity contribution < 1.29 is 19.1 Å². The summed E-state index contributed by atoms with van der Waals surface area (Å²) >= 11 is 5.95. The first kappa shape index (κ1) is 19.7. The molecule has 1 amide bonds. The number of rotatable bonds is 5. The monoisotopic (exact) mass is 397 g/mol. The summed E-state index contributed by atoms with van der Waals surface area (Å²) in [4.78, 5) is 27.0. The van der Waals surface area contributed by atoms with Crippen LogP contribution in [0.1, 0.15) is 19.4 Å². The molecule has 5 nitrogen and oxygen atoms in total. The van der Waals surface area contributed by atoms with Crippen molar-refractivity contribution in [1.29, 1.82) is 0 Å². The molecule has 6 heteroatoms. The fourth-order valence-electron chi connectivity index (χ4n) is 3.07. The molecule has 0 fully saturated rings. The standard InChI is InChI=1S/C22H20ClNO4/c1-4-28-18-11-5-15(6-12-18)13-19-20(22(26)27-3)14(2)24(21(19)25)17-9-7-16(23)8-10-17/h5-13H,4H2,1-3H3/b19-13-. The summed E-state index contributed by atoms with van der Waals surface area (Å²) in [5.41, 5.74) is 2.44. The molecule has 0 N–H and O–H groups in total. The number of hydrogen-bond acceptors (Lipinski definition) is 4. The van der Waals surface area contributed by atoms with Crippen molar-refractivity contribution in [3.8, 4) is 5.75 Å². The highest BCUT2D eigenvalue weighted by Crippen LogP contribution is 2.35. The number of esters is 1. The number of carbonyl (C=O) groups is 2. The molecule has 28 heavy (non-hydrogen) atoms. The lowest BCUT2D eigenvalue weighted by Gasteiger charge is -2.17. The summed E-state index contributed by atoms with van der Waals surface area (Å²) < 4.78 is 10.4. The normalized spacial score (nSPS) is 15.4. The smallest absolute Gasteiger partial charge is 0.340 e. The zero-order valence-corrected chi connectivity index (χ0v) is 16.6. The van der Waals surface area contributed by atoms with Gasteiger partial charge in [0.25, 0.3) is 5.91 Å². The van der Waals surface area contributed by atoms with Crippen molar-refractivity contribution >= 4 is 35.2 Å². The molecule has 3 rings (SSSR count). The lowest BCUT2D eigenvalue weighted by molar-refractivity contribution is -0.136. The minimum absolute atomic E-state index is 0.247. The Morgan fingerprint density at radius 2 is 1.75 bits per heavy atom. The zero-order valence-electron chi connectivity index (χ0n) is 15.9. The first-order valence-corrected chi connectivity index (χ1v) is 9.18. The van der Waals surface area contributed by atoms with Gasteiger partial charge in [-0.25, -0.2) is 4.79 Å². The van der Waals surface area contributed by atoms with Crippen LogP contribution in [0.4, 0.5) is 5.69 Å². The van der Waals surface area contributed by atoms with Gasteiger partial charge in [0.05, 0.1) is 24.9 Å². The molecule has 0 atom stereocenters. The second kappa shape index (κ2) is 8.31. The Bertz CT molecular complexity index is 959. The van der Waals surface area contributed by atoms with Gasteiger partial charge in [-0.1, -0.05) is 23.7 Å². The van der Waals surface area contributed by atoms with Crippen molar-refractivity contribution in [2.45, 2.75) is 13.8 Å². The van der Waals surface area contributed by atoms with E-state index in [1.54, 1.807) is 37.3 Å². The third-order valence-corrected chi connectivity index (χ3v) is 4.63. The van der Waals surface area contributed by atoms with Crippen molar-refractivity contribution in [2.75, 3.05) is 18.6 Å². The quantitative estimate of drug-likeness (QED) is 0.545. The number of anilines is 1. The zero-order chi connectivity index (χ0) is 20.3. The minimum Gasteiger partial charge on any atom is -0.494 e. The van der Waals surface area contributed by atoms with E-state index in [0.29, 0.717) is 23.0 Å². The second-order valence-electron chi connectivity index (χ2n) is 6.13. The molecule has 0 saturated heterocycles. The first-order valence-electron chi connectivity index (χ1n) is 8.80. The first-order chi connectivity index (χ1) is 13.5. The molecule has 144 valence electrons. The van der Waals surface area contributed by atoms with E-state index < -0.39 is 5.97 Å². The topological polar surface area (TPSA) is 55.8 Å². The Morgan fingerprint density at radius 1 is 1.11 bits per heavy atom. The van der Waals surface area contributed by atoms with Gasteiger partial charge in [0.1, 0.15) is 5.75 Å². The van der Waals surface area contributed by atoms with Crippen LogP contribution in [0.25, 0.3) is 6.08 Å². The lowest BCUT2D eigenvalue weighted by Crippen LogP contribution is -2.24. The van der Waals surface area contributed by atoms with E-state index in [1.807, 2.05) is 31.2 Å². The highest BCUT2D eigenvalue weighted by atomic mass is 35.5. The number of ether oxygens (including phenoxy) is 2. The van der Waals surface area contributed by atoms with Gasteiger partial charge in [-0.3, -0.25) is 9.69 Å². The van der Waals surface area contributed by atoms with Gasteiger partial charge in [0.2, 0.25) is 0 Å². The van der Waals surface area contributed by atoms with E-state index in [4.69, 9.17) is 21.1 Å². The Morgan fingerprint density at radius 3 is 2.32 bits per heavy atom. The maximum atomic E-state index is 13.2. The Balaban J connectivity index is 2.05. The maximum absolute atomic E-state index is 13.2. The van der Waals surface area contributed by atoms with Crippen molar-refractivity contribution in [3.05, 3.63) is 76.0 Å². The van der Waals surface area contributed by atoms with E-state index in [-0.39, 0.29) is 17.1 Å². The summed E-state index contributed by atoms with van der Waals surface area (Å²) in [6, 6.07) is 14.2. The van der Waals surface area contributed by atoms with Crippen LogP contribution in [-0.4, -0.2) is 25.6 Å². The van der Waals surface area contributed by atoms with Gasteiger partial charge in [-0.15, -0.1) is 0 Å². The predicted octanol–water partition coefficient (Wildman–Crippen LogP) is 4.62. The second-order valence-corrected chi connectivity index (χ2v) is 6.57. The average Bonchev–Trinajstić information content (AvgIpc) is 2.94. The molecule has 1 aliphatic heterocycles. The molecule has 0 bridgehead atoms. The number of hydrogen-bond donors (Lipinski definition) is 0. The molecule has 0 aromatic heterocycles. The molecule has 0 aliphatic carbocycles. The average molecular weight is 398 g/mol. The van der Waals surface area contributed by atoms with E-state index in [2.05, 4.69) is 0 Å². The molecular weight excluding hydrogens is 378 g/mol. The summed E-state index contributed by atoms with van der Waals surface area (Å²) in [5, 5.41) is 0.565. The van der Waals surface area contributed by atoms with Gasteiger partial charge < -0.3 is 9.47 Å². The summed E-state index contributed by atoms with van der Waals surface area (Å²) in [7, 11) is 1.30. The Hall–Kier alpha value is -3.05. The Labute approximate surface area is 168 Å². The highest BCUT2D eigenvalue weighted by Gasteiger charge is 2.37. The van der Waals surface area contributed by atoms with Gasteiger partial charge in [-0.2, -0.15) is 0 Å². The van der Waals surface area contributed by atoms with E-state index in [1.165, 1.54) is 12.0 Å². The fraction of sp³-hybridized carbons (Fsp3) is 0.182. The van der Waals surface area contributed by atoms with Crippen LogP contribution in [-0.2, 0) is 14.3 Å². The van der Waals surface area contributed by atoms with Gasteiger partial charge in [0, 0.05) is 16.4 Å². The number of nitrogens with zero attached hydrogens (tertiary/aromatic N) is 1. The van der Waals surface area contributed by atoms with E-state index in [0.717, 1.165) is 11.3 Å². The summed E-state index contributed by atoms with van der Waals surface area (Å²) in [6.45, 7) is 4.20. The number of carbonyl (C=O) groups excluding carboxylic acids is 2. The predicted molar refractivity (Wildman–Crippen MR) is 109 cm³/mol. The van der Waals surface area contributed by atoms with E-state index in [9.17, 15) is 9.59 Å². The molecule has 0 saturated carbocycles. The maximum Gasteiger partial charge on any atom is 0.340 e. The molecular formula is C22H20ClNO4. The number of allylic oxidation sites excluding steroid dienone is 1. The molecule has 2 aromatic rings. The SMILES string of the molecule is CCOc1ccc(/C=C2\C(=O)N(c3ccc(Cl)cc3)C(C)=C2C(=O)OC)cc1. The van der Waals surface area contributed by atoms with Crippen molar-refractivity contribution in [2.24, 2.45) is 0 Å². The van der Waals surface area contributed by atoms with Crippen LogP contribution >= 0.6 is 11.6 Å². The molecule has 0 unspecified atom stereocenters. The fourth-order valence-corrected chi connectivity index (χ4v) is 3.20. The largest absolute Gasteiger partial charge is 0.494 e. The van der Waals surface area contributed by atoms with Crippen LogP contribution in [0.15, 0.2) is 65.4 Å².